The number of nitrogens with zero attached hydrogens (tertiary/aromatic N) is 3. The largest absolute Gasteiger partial charge is 0.236 e. The first-order valence-electron chi connectivity index (χ1n) is 10.1. The van der Waals surface area contributed by atoms with Crippen molar-refractivity contribution in [2.24, 2.45) is 11.8 Å². The van der Waals surface area contributed by atoms with Crippen LogP contribution in [-0.2, 0) is 6.42 Å². The number of aromatic nitrogens is 2. The van der Waals surface area contributed by atoms with Crippen molar-refractivity contribution in [3.8, 4) is 17.5 Å². The van der Waals surface area contributed by atoms with Crippen LogP contribution < -0.4 is 0 Å². The van der Waals surface area contributed by atoms with Gasteiger partial charge in [0.2, 0.25) is 0 Å². The van der Waals surface area contributed by atoms with Crippen LogP contribution in [0, 0.1) is 23.2 Å². The Hall–Kier alpha value is -2.21. The van der Waals surface area contributed by atoms with Gasteiger partial charge in [0.05, 0.1) is 11.6 Å². The Morgan fingerprint density at radius 3 is 2.15 bits per heavy atom. The van der Waals surface area contributed by atoms with E-state index in [0.29, 0.717) is 5.56 Å². The zero-order chi connectivity index (χ0) is 18.2. The van der Waals surface area contributed by atoms with Crippen molar-refractivity contribution in [2.45, 2.75) is 64.7 Å². The molecule has 3 heteroatoms. The fourth-order valence-electron chi connectivity index (χ4n) is 4.00. The van der Waals surface area contributed by atoms with E-state index in [2.05, 4.69) is 23.0 Å². The van der Waals surface area contributed by atoms with Crippen LogP contribution in [0.4, 0.5) is 0 Å². The van der Waals surface area contributed by atoms with Crippen molar-refractivity contribution in [3.05, 3.63) is 47.8 Å². The number of rotatable bonds is 7. The lowest BCUT2D eigenvalue weighted by Gasteiger charge is -2.28. The van der Waals surface area contributed by atoms with E-state index in [1.165, 1.54) is 56.9 Å². The minimum atomic E-state index is 0.662. The molecule has 0 bridgehead atoms. The molecule has 26 heavy (non-hydrogen) atoms. The average molecular weight is 348 g/mol. The maximum absolute atomic E-state index is 8.87. The highest BCUT2D eigenvalue weighted by atomic mass is 14.9. The molecule has 0 radical (unpaired) electrons. The quantitative estimate of drug-likeness (QED) is 0.622. The van der Waals surface area contributed by atoms with Gasteiger partial charge in [0.15, 0.2) is 5.82 Å². The Balaban J connectivity index is 1.47. The molecule has 1 fully saturated rings. The summed E-state index contributed by atoms with van der Waals surface area (Å²) >= 11 is 0. The zero-order valence-corrected chi connectivity index (χ0v) is 15.8. The van der Waals surface area contributed by atoms with Gasteiger partial charge in [-0.2, -0.15) is 5.26 Å². The lowest BCUT2D eigenvalue weighted by molar-refractivity contribution is 0.250. The number of hydrogen-bond acceptors (Lipinski definition) is 3. The number of benzene rings is 1. The summed E-state index contributed by atoms with van der Waals surface area (Å²) in [5, 5.41) is 8.87. The summed E-state index contributed by atoms with van der Waals surface area (Å²) < 4.78 is 0. The first-order chi connectivity index (χ1) is 12.8. The lowest BCUT2D eigenvalue weighted by Crippen LogP contribution is -2.15. The molecule has 1 aromatic heterocycles. The molecule has 0 saturated heterocycles. The van der Waals surface area contributed by atoms with E-state index in [1.807, 2.05) is 36.7 Å². The van der Waals surface area contributed by atoms with Gasteiger partial charge in [0.1, 0.15) is 0 Å². The molecule has 0 spiro atoms. The summed E-state index contributed by atoms with van der Waals surface area (Å²) in [6.07, 6.45) is 16.1. The molecule has 0 aliphatic heterocycles. The third kappa shape index (κ3) is 5.14. The molecule has 1 aliphatic rings. The van der Waals surface area contributed by atoms with Crippen molar-refractivity contribution in [3.63, 3.8) is 0 Å². The van der Waals surface area contributed by atoms with Crippen molar-refractivity contribution in [1.29, 1.82) is 5.26 Å². The number of nitriles is 1. The summed E-state index contributed by atoms with van der Waals surface area (Å²) in [5.74, 6) is 2.60. The maximum Gasteiger partial charge on any atom is 0.159 e. The van der Waals surface area contributed by atoms with E-state index >= 15 is 0 Å². The Kier molecular flexibility index (Phi) is 6.77. The van der Waals surface area contributed by atoms with Crippen molar-refractivity contribution >= 4 is 0 Å². The van der Waals surface area contributed by atoms with E-state index in [1.54, 1.807) is 0 Å². The topological polar surface area (TPSA) is 49.6 Å². The smallest absolute Gasteiger partial charge is 0.159 e. The van der Waals surface area contributed by atoms with Crippen LogP contribution in [-0.4, -0.2) is 9.97 Å². The number of hydrogen-bond donors (Lipinski definition) is 0. The second-order valence-corrected chi connectivity index (χ2v) is 7.67. The molecular formula is C23H29N3. The third-order valence-corrected chi connectivity index (χ3v) is 5.75. The van der Waals surface area contributed by atoms with Crippen molar-refractivity contribution < 1.29 is 0 Å². The first-order valence-corrected chi connectivity index (χ1v) is 10.1. The highest BCUT2D eigenvalue weighted by Gasteiger charge is 2.20. The second kappa shape index (κ2) is 9.48. The zero-order valence-electron chi connectivity index (χ0n) is 15.8. The summed E-state index contributed by atoms with van der Waals surface area (Å²) in [6.45, 7) is 2.29. The molecule has 0 unspecified atom stereocenters. The van der Waals surface area contributed by atoms with Crippen molar-refractivity contribution in [2.75, 3.05) is 0 Å². The first kappa shape index (κ1) is 18.6. The van der Waals surface area contributed by atoms with Crippen LogP contribution in [0.15, 0.2) is 36.7 Å². The van der Waals surface area contributed by atoms with Crippen LogP contribution >= 0.6 is 0 Å². The van der Waals surface area contributed by atoms with Gasteiger partial charge >= 0.3 is 0 Å². The van der Waals surface area contributed by atoms with E-state index in [4.69, 9.17) is 5.26 Å². The van der Waals surface area contributed by atoms with Gasteiger partial charge in [-0.3, -0.25) is 0 Å². The maximum atomic E-state index is 8.87. The number of aryl methyl sites for hydroxylation is 1. The second-order valence-electron chi connectivity index (χ2n) is 7.67. The van der Waals surface area contributed by atoms with Gasteiger partial charge in [-0.1, -0.05) is 51.9 Å². The summed E-state index contributed by atoms with van der Waals surface area (Å²) in [4.78, 5) is 9.04. The predicted molar refractivity (Wildman–Crippen MR) is 105 cm³/mol. The highest BCUT2D eigenvalue weighted by Crippen LogP contribution is 2.34. The SMILES string of the molecule is CCCCC1CCC(CCc2cnc(-c3ccc(C#N)cc3)nc2)CC1. The molecule has 136 valence electrons. The molecular weight excluding hydrogens is 318 g/mol. The van der Waals surface area contributed by atoms with Crippen LogP contribution in [0.5, 0.6) is 0 Å². The Bertz CT molecular complexity index is 705. The van der Waals surface area contributed by atoms with Crippen LogP contribution in [0.25, 0.3) is 11.4 Å². The molecule has 1 aromatic carbocycles. The molecule has 2 aromatic rings. The summed E-state index contributed by atoms with van der Waals surface area (Å²) in [6, 6.07) is 9.57. The minimum Gasteiger partial charge on any atom is -0.236 e. The molecule has 0 atom stereocenters. The molecule has 0 amide bonds. The Morgan fingerprint density at radius 1 is 0.962 bits per heavy atom. The van der Waals surface area contributed by atoms with E-state index in [9.17, 15) is 0 Å². The average Bonchev–Trinajstić information content (AvgIpc) is 2.72. The molecule has 1 aliphatic carbocycles. The molecule has 0 N–H and O–H groups in total. The van der Waals surface area contributed by atoms with E-state index in [0.717, 1.165) is 29.6 Å². The Morgan fingerprint density at radius 2 is 1.58 bits per heavy atom. The fraction of sp³-hybridized carbons (Fsp3) is 0.522. The van der Waals surface area contributed by atoms with Gasteiger partial charge in [0.25, 0.3) is 0 Å². The molecule has 3 nitrogen and oxygen atoms in total. The standard InChI is InChI=1S/C23H29N3/c1-2-3-4-18-5-7-19(8-6-18)9-10-21-16-25-23(26-17-21)22-13-11-20(15-24)12-14-22/h11-14,16-19H,2-10H2,1H3. The van der Waals surface area contributed by atoms with Crippen LogP contribution in [0.2, 0.25) is 0 Å². The van der Waals surface area contributed by atoms with E-state index in [-0.39, 0.29) is 0 Å². The molecule has 1 heterocycles. The number of unbranched alkanes of at least 4 members (excludes halogenated alkanes) is 1. The van der Waals surface area contributed by atoms with E-state index < -0.39 is 0 Å². The third-order valence-electron chi connectivity index (χ3n) is 5.75. The highest BCUT2D eigenvalue weighted by molar-refractivity contribution is 5.56. The van der Waals surface area contributed by atoms with Crippen molar-refractivity contribution in [1.82, 2.24) is 9.97 Å². The van der Waals surface area contributed by atoms with Gasteiger partial charge in [-0.05, 0) is 54.5 Å². The Labute approximate surface area is 157 Å². The molecule has 3 rings (SSSR count). The minimum absolute atomic E-state index is 0.662. The monoisotopic (exact) mass is 347 g/mol. The lowest BCUT2D eigenvalue weighted by atomic mass is 9.78. The predicted octanol–water partition coefficient (Wildman–Crippen LogP) is 5.94. The van der Waals surface area contributed by atoms with Gasteiger partial charge in [0, 0.05) is 18.0 Å². The summed E-state index contributed by atoms with van der Waals surface area (Å²) in [5.41, 5.74) is 2.85. The fourth-order valence-corrected chi connectivity index (χ4v) is 4.00. The van der Waals surface area contributed by atoms with Crippen LogP contribution in [0.1, 0.15) is 69.4 Å². The van der Waals surface area contributed by atoms with Gasteiger partial charge in [-0.25, -0.2) is 9.97 Å². The summed E-state index contributed by atoms with van der Waals surface area (Å²) in [7, 11) is 0. The van der Waals surface area contributed by atoms with Gasteiger partial charge < -0.3 is 0 Å². The normalized spacial score (nSPS) is 19.8. The molecule has 1 saturated carbocycles. The van der Waals surface area contributed by atoms with Crippen LogP contribution in [0.3, 0.4) is 0 Å². The van der Waals surface area contributed by atoms with Gasteiger partial charge in [-0.15, -0.1) is 0 Å².